The molecule has 1 aliphatic rings. The van der Waals surface area contributed by atoms with Crippen LogP contribution in [0.15, 0.2) is 54.6 Å². The van der Waals surface area contributed by atoms with Crippen molar-refractivity contribution in [3.05, 3.63) is 71.4 Å². The number of aliphatic hydroxyl groups excluding tert-OH is 1. The van der Waals surface area contributed by atoms with Crippen molar-refractivity contribution in [2.45, 2.75) is 33.0 Å². The van der Waals surface area contributed by atoms with E-state index in [9.17, 15) is 5.11 Å². The van der Waals surface area contributed by atoms with Gasteiger partial charge in [-0.15, -0.1) is 0 Å². The number of para-hydroxylation sites is 1. The number of hydrogen-bond donors (Lipinski definition) is 1. The second-order valence-electron chi connectivity index (χ2n) is 8.05. The Morgan fingerprint density at radius 1 is 0.821 bits per heavy atom. The minimum Gasteiger partial charge on any atom is -0.390 e. The summed E-state index contributed by atoms with van der Waals surface area (Å²) in [5.74, 6) is 0. The molecule has 1 atom stereocenters. The summed E-state index contributed by atoms with van der Waals surface area (Å²) in [5, 5.41) is 12.1. The molecule has 1 aromatic heterocycles. The van der Waals surface area contributed by atoms with Gasteiger partial charge in [-0.25, -0.2) is 0 Å². The van der Waals surface area contributed by atoms with Crippen LogP contribution in [0.4, 0.5) is 0 Å². The average molecular weight is 378 g/mol. The van der Waals surface area contributed by atoms with E-state index < -0.39 is 0 Å². The highest BCUT2D eigenvalue weighted by molar-refractivity contribution is 5.85. The van der Waals surface area contributed by atoms with Crippen molar-refractivity contribution in [1.82, 2.24) is 14.4 Å². The summed E-state index contributed by atoms with van der Waals surface area (Å²) in [6, 6.07) is 19.2. The lowest BCUT2D eigenvalue weighted by atomic mass is 10.2. The van der Waals surface area contributed by atoms with Crippen LogP contribution in [-0.2, 0) is 13.1 Å². The van der Waals surface area contributed by atoms with Gasteiger partial charge in [0, 0.05) is 55.9 Å². The minimum absolute atomic E-state index is 0.352. The number of nitrogens with zero attached hydrogens (tertiary/aromatic N) is 3. The van der Waals surface area contributed by atoms with Crippen molar-refractivity contribution in [3.63, 3.8) is 0 Å². The summed E-state index contributed by atoms with van der Waals surface area (Å²) in [7, 11) is 0. The fourth-order valence-corrected chi connectivity index (χ4v) is 4.38. The lowest BCUT2D eigenvalue weighted by Crippen LogP contribution is -2.48. The Hall–Kier alpha value is -2.14. The number of rotatable bonds is 6. The summed E-state index contributed by atoms with van der Waals surface area (Å²) < 4.78 is 2.28. The molecule has 28 heavy (non-hydrogen) atoms. The molecule has 1 fully saturated rings. The predicted octanol–water partition coefficient (Wildman–Crippen LogP) is 3.44. The molecule has 0 radical (unpaired) electrons. The van der Waals surface area contributed by atoms with Crippen molar-refractivity contribution in [3.8, 4) is 0 Å². The van der Waals surface area contributed by atoms with Crippen LogP contribution < -0.4 is 0 Å². The van der Waals surface area contributed by atoms with E-state index in [0.717, 1.165) is 39.3 Å². The largest absolute Gasteiger partial charge is 0.390 e. The van der Waals surface area contributed by atoms with Gasteiger partial charge in [0.1, 0.15) is 0 Å². The molecule has 1 aliphatic heterocycles. The molecule has 0 aliphatic carbocycles. The highest BCUT2D eigenvalue weighted by Gasteiger charge is 2.20. The molecule has 4 rings (SSSR count). The molecule has 3 aromatic rings. The molecule has 0 saturated carbocycles. The third-order valence-electron chi connectivity index (χ3n) is 6.12. The maximum absolute atomic E-state index is 10.8. The van der Waals surface area contributed by atoms with Crippen molar-refractivity contribution < 1.29 is 5.11 Å². The van der Waals surface area contributed by atoms with Crippen molar-refractivity contribution in [1.29, 1.82) is 0 Å². The van der Waals surface area contributed by atoms with E-state index in [0.29, 0.717) is 6.54 Å². The first-order valence-corrected chi connectivity index (χ1v) is 10.3. The minimum atomic E-state index is -0.352. The van der Waals surface area contributed by atoms with Crippen LogP contribution in [0.5, 0.6) is 0 Å². The quantitative estimate of drug-likeness (QED) is 0.714. The van der Waals surface area contributed by atoms with Gasteiger partial charge in [-0.1, -0.05) is 48.5 Å². The number of β-amino-alcohol motifs (C(OH)–C–C–N with tert-alkyl or cyclic N) is 1. The fourth-order valence-electron chi connectivity index (χ4n) is 4.38. The van der Waals surface area contributed by atoms with Crippen LogP contribution in [0.2, 0.25) is 0 Å². The molecular weight excluding hydrogens is 346 g/mol. The lowest BCUT2D eigenvalue weighted by Gasteiger charge is -2.35. The normalized spacial score (nSPS) is 17.2. The summed E-state index contributed by atoms with van der Waals surface area (Å²) in [6.07, 6.45) is -0.352. The van der Waals surface area contributed by atoms with Crippen LogP contribution in [-0.4, -0.2) is 58.3 Å². The molecule has 148 valence electrons. The first-order valence-electron chi connectivity index (χ1n) is 10.3. The smallest absolute Gasteiger partial charge is 0.0845 e. The topological polar surface area (TPSA) is 31.6 Å². The van der Waals surface area contributed by atoms with Crippen LogP contribution in [0.25, 0.3) is 10.9 Å². The van der Waals surface area contributed by atoms with E-state index in [4.69, 9.17) is 0 Å². The van der Waals surface area contributed by atoms with Gasteiger partial charge < -0.3 is 9.67 Å². The van der Waals surface area contributed by atoms with E-state index in [1.165, 1.54) is 27.7 Å². The Labute approximate surface area is 168 Å². The van der Waals surface area contributed by atoms with Crippen LogP contribution in [0, 0.1) is 13.8 Å². The van der Waals surface area contributed by atoms with Gasteiger partial charge in [0.2, 0.25) is 0 Å². The van der Waals surface area contributed by atoms with Gasteiger partial charge in [0.25, 0.3) is 0 Å². The zero-order chi connectivity index (χ0) is 19.5. The molecule has 0 spiro atoms. The van der Waals surface area contributed by atoms with Crippen LogP contribution >= 0.6 is 0 Å². The monoisotopic (exact) mass is 377 g/mol. The van der Waals surface area contributed by atoms with E-state index in [1.807, 2.05) is 0 Å². The summed E-state index contributed by atoms with van der Waals surface area (Å²) >= 11 is 0. The Morgan fingerprint density at radius 2 is 1.46 bits per heavy atom. The van der Waals surface area contributed by atoms with Crippen LogP contribution in [0.1, 0.15) is 16.8 Å². The molecule has 0 amide bonds. The number of aromatic nitrogens is 1. The Balaban J connectivity index is 1.32. The number of aliphatic hydroxyl groups is 1. The Morgan fingerprint density at radius 3 is 2.21 bits per heavy atom. The number of fused-ring (bicyclic) bond motifs is 1. The van der Waals surface area contributed by atoms with Crippen LogP contribution in [0.3, 0.4) is 0 Å². The van der Waals surface area contributed by atoms with Crippen molar-refractivity contribution in [2.75, 3.05) is 32.7 Å². The van der Waals surface area contributed by atoms with Gasteiger partial charge in [0.15, 0.2) is 0 Å². The third-order valence-corrected chi connectivity index (χ3v) is 6.12. The molecular formula is C24H31N3O. The van der Waals surface area contributed by atoms with E-state index >= 15 is 0 Å². The van der Waals surface area contributed by atoms with Gasteiger partial charge in [-0.2, -0.15) is 0 Å². The van der Waals surface area contributed by atoms with Gasteiger partial charge in [0.05, 0.1) is 12.6 Å². The summed E-state index contributed by atoms with van der Waals surface area (Å²) in [6.45, 7) is 10.9. The number of hydrogen-bond acceptors (Lipinski definition) is 3. The number of benzene rings is 2. The lowest BCUT2D eigenvalue weighted by molar-refractivity contribution is 0.0626. The second kappa shape index (κ2) is 8.48. The second-order valence-corrected chi connectivity index (χ2v) is 8.05. The van der Waals surface area contributed by atoms with Gasteiger partial charge in [-0.05, 0) is 31.0 Å². The number of aryl methyl sites for hydroxylation is 1. The summed E-state index contributed by atoms with van der Waals surface area (Å²) in [5.41, 5.74) is 5.18. The zero-order valence-corrected chi connectivity index (χ0v) is 17.0. The average Bonchev–Trinajstić information content (AvgIpc) is 2.95. The van der Waals surface area contributed by atoms with E-state index in [-0.39, 0.29) is 6.10 Å². The van der Waals surface area contributed by atoms with Gasteiger partial charge >= 0.3 is 0 Å². The standard InChI is InChI=1S/C24H31N3O/c1-19-20(2)27(24-11-7-6-10-23(19)24)18-22(28)17-26-14-12-25(13-15-26)16-21-8-4-3-5-9-21/h3-11,22,28H,12-18H2,1-2H3/t22-/m0/s1. The molecule has 1 saturated heterocycles. The summed E-state index contributed by atoms with van der Waals surface area (Å²) in [4.78, 5) is 4.91. The third kappa shape index (κ3) is 4.14. The molecule has 2 heterocycles. The van der Waals surface area contributed by atoms with Crippen molar-refractivity contribution >= 4 is 10.9 Å². The molecule has 4 heteroatoms. The Bertz CT molecular complexity index is 910. The van der Waals surface area contributed by atoms with E-state index in [2.05, 4.69) is 82.8 Å². The van der Waals surface area contributed by atoms with E-state index in [1.54, 1.807) is 0 Å². The maximum atomic E-state index is 10.8. The molecule has 1 N–H and O–H groups in total. The first-order chi connectivity index (χ1) is 13.6. The highest BCUT2D eigenvalue weighted by atomic mass is 16.3. The fraction of sp³-hybridized carbons (Fsp3) is 0.417. The predicted molar refractivity (Wildman–Crippen MR) is 116 cm³/mol. The number of piperazine rings is 1. The molecule has 4 nitrogen and oxygen atoms in total. The maximum Gasteiger partial charge on any atom is 0.0845 e. The highest BCUT2D eigenvalue weighted by Crippen LogP contribution is 2.25. The van der Waals surface area contributed by atoms with Crippen molar-refractivity contribution in [2.24, 2.45) is 0 Å². The molecule has 2 aromatic carbocycles. The zero-order valence-electron chi connectivity index (χ0n) is 17.0. The Kier molecular flexibility index (Phi) is 5.81. The van der Waals surface area contributed by atoms with Gasteiger partial charge in [-0.3, -0.25) is 9.80 Å². The SMILES string of the molecule is Cc1c(C)n(C[C@@H](O)CN2CCN(Cc3ccccc3)CC2)c2ccccc12. The molecule has 0 unspecified atom stereocenters. The molecule has 0 bridgehead atoms. The first kappa shape index (κ1) is 19.2.